The lowest BCUT2D eigenvalue weighted by molar-refractivity contribution is -0.121. The van der Waals surface area contributed by atoms with Crippen LogP contribution in [0.4, 0.5) is 4.39 Å². The monoisotopic (exact) mass is 207 g/mol. The maximum absolute atomic E-state index is 13.0. The molecule has 0 saturated heterocycles. The van der Waals surface area contributed by atoms with Crippen molar-refractivity contribution in [2.45, 2.75) is 31.2 Å². The molecule has 0 aliphatic heterocycles. The lowest BCUT2D eigenvalue weighted by atomic mass is 9.77. The second-order valence-electron chi connectivity index (χ2n) is 4.21. The molecule has 0 bridgehead atoms. The molecule has 1 aromatic carbocycles. The van der Waals surface area contributed by atoms with E-state index in [-0.39, 0.29) is 11.6 Å². The molecule has 0 spiro atoms. The third-order valence-electron chi connectivity index (χ3n) is 3.10. The van der Waals surface area contributed by atoms with E-state index in [4.69, 9.17) is 5.73 Å². The minimum atomic E-state index is -0.518. The maximum atomic E-state index is 13.0. The molecule has 1 saturated carbocycles. The van der Waals surface area contributed by atoms with E-state index >= 15 is 0 Å². The van der Waals surface area contributed by atoms with Crippen molar-refractivity contribution in [1.82, 2.24) is 0 Å². The number of carbonyl (C=O) groups excluding carboxylic acids is 1. The third-order valence-corrected chi connectivity index (χ3v) is 3.10. The zero-order valence-corrected chi connectivity index (χ0v) is 8.50. The van der Waals surface area contributed by atoms with Crippen LogP contribution in [0.3, 0.4) is 0 Å². The van der Waals surface area contributed by atoms with Crippen LogP contribution in [0.25, 0.3) is 0 Å². The Morgan fingerprint density at radius 3 is 2.53 bits per heavy atom. The van der Waals surface area contributed by atoms with Gasteiger partial charge in [-0.2, -0.15) is 0 Å². The molecule has 1 aliphatic rings. The zero-order chi connectivity index (χ0) is 10.9. The van der Waals surface area contributed by atoms with Crippen LogP contribution in [0.5, 0.6) is 0 Å². The molecule has 1 aliphatic carbocycles. The first-order valence-electron chi connectivity index (χ1n) is 5.17. The maximum Gasteiger partial charge on any atom is 0.133 e. The number of hydrogen-bond donors (Lipinski definition) is 1. The Kier molecular flexibility index (Phi) is 2.57. The minimum Gasteiger partial charge on any atom is -0.321 e. The molecule has 3 heteroatoms. The largest absolute Gasteiger partial charge is 0.321 e. The lowest BCUT2D eigenvalue weighted by Gasteiger charge is -2.33. The molecule has 2 nitrogen and oxygen atoms in total. The number of halogens is 1. The van der Waals surface area contributed by atoms with Gasteiger partial charge in [0.25, 0.3) is 0 Å². The molecule has 0 radical (unpaired) electrons. The van der Waals surface area contributed by atoms with E-state index < -0.39 is 5.54 Å². The van der Waals surface area contributed by atoms with Crippen LogP contribution < -0.4 is 5.73 Å². The van der Waals surface area contributed by atoms with E-state index in [1.807, 2.05) is 6.07 Å². The Balaban J connectivity index is 2.25. The number of ketones is 1. The van der Waals surface area contributed by atoms with Crippen LogP contribution in [-0.4, -0.2) is 5.78 Å². The van der Waals surface area contributed by atoms with E-state index in [1.54, 1.807) is 6.07 Å². The van der Waals surface area contributed by atoms with Gasteiger partial charge in [-0.3, -0.25) is 4.79 Å². The van der Waals surface area contributed by atoms with Gasteiger partial charge in [-0.1, -0.05) is 12.1 Å². The average molecular weight is 207 g/mol. The van der Waals surface area contributed by atoms with Gasteiger partial charge in [-0.05, 0) is 30.5 Å². The Labute approximate surface area is 88.3 Å². The third kappa shape index (κ3) is 2.07. The van der Waals surface area contributed by atoms with Gasteiger partial charge < -0.3 is 5.73 Å². The fraction of sp³-hybridized carbons (Fsp3) is 0.417. The fourth-order valence-electron chi connectivity index (χ4n) is 2.06. The van der Waals surface area contributed by atoms with Crippen LogP contribution >= 0.6 is 0 Å². The van der Waals surface area contributed by atoms with Crippen LogP contribution in [0.2, 0.25) is 0 Å². The van der Waals surface area contributed by atoms with Crippen molar-refractivity contribution in [3.8, 4) is 0 Å². The Morgan fingerprint density at radius 1 is 1.27 bits per heavy atom. The Hall–Kier alpha value is -1.22. The molecule has 15 heavy (non-hydrogen) atoms. The van der Waals surface area contributed by atoms with Gasteiger partial charge in [0.2, 0.25) is 0 Å². The molecule has 0 heterocycles. The van der Waals surface area contributed by atoms with Crippen molar-refractivity contribution in [2.75, 3.05) is 0 Å². The number of nitrogens with two attached hydrogens (primary N) is 1. The highest BCUT2D eigenvalue weighted by Crippen LogP contribution is 2.33. The summed E-state index contributed by atoms with van der Waals surface area (Å²) in [6.45, 7) is 0. The van der Waals surface area contributed by atoms with Crippen molar-refractivity contribution >= 4 is 5.78 Å². The molecule has 2 rings (SSSR count). The highest BCUT2D eigenvalue weighted by atomic mass is 19.1. The van der Waals surface area contributed by atoms with Gasteiger partial charge in [-0.25, -0.2) is 4.39 Å². The number of benzene rings is 1. The SMILES string of the molecule is NC1(c2cccc(F)c2)CCC(=O)CC1. The first-order chi connectivity index (χ1) is 7.10. The summed E-state index contributed by atoms with van der Waals surface area (Å²) in [5, 5.41) is 0. The molecular weight excluding hydrogens is 193 g/mol. The predicted octanol–water partition coefficient (Wildman–Crippen LogP) is 2.12. The smallest absolute Gasteiger partial charge is 0.133 e. The summed E-state index contributed by atoms with van der Waals surface area (Å²) in [4.78, 5) is 11.1. The van der Waals surface area contributed by atoms with Gasteiger partial charge in [0.1, 0.15) is 11.6 Å². The van der Waals surface area contributed by atoms with E-state index in [0.717, 1.165) is 5.56 Å². The lowest BCUT2D eigenvalue weighted by Crippen LogP contribution is -2.40. The van der Waals surface area contributed by atoms with E-state index in [9.17, 15) is 9.18 Å². The molecule has 0 aromatic heterocycles. The zero-order valence-electron chi connectivity index (χ0n) is 8.50. The van der Waals surface area contributed by atoms with Gasteiger partial charge in [0, 0.05) is 18.4 Å². The van der Waals surface area contributed by atoms with Gasteiger partial charge in [0.05, 0.1) is 0 Å². The molecule has 0 atom stereocenters. The summed E-state index contributed by atoms with van der Waals surface area (Å²) in [7, 11) is 0. The molecule has 1 fully saturated rings. The summed E-state index contributed by atoms with van der Waals surface area (Å²) in [5.41, 5.74) is 6.48. The van der Waals surface area contributed by atoms with Gasteiger partial charge in [0.15, 0.2) is 0 Å². The number of rotatable bonds is 1. The van der Waals surface area contributed by atoms with Crippen molar-refractivity contribution in [2.24, 2.45) is 5.73 Å². The summed E-state index contributed by atoms with van der Waals surface area (Å²) in [6, 6.07) is 6.37. The van der Waals surface area contributed by atoms with Crippen LogP contribution in [-0.2, 0) is 10.3 Å². The Bertz CT molecular complexity index is 379. The van der Waals surface area contributed by atoms with Crippen molar-refractivity contribution in [3.05, 3.63) is 35.6 Å². The average Bonchev–Trinajstić information content (AvgIpc) is 2.23. The second-order valence-corrected chi connectivity index (χ2v) is 4.21. The molecule has 80 valence electrons. The first-order valence-corrected chi connectivity index (χ1v) is 5.17. The topological polar surface area (TPSA) is 43.1 Å². The van der Waals surface area contributed by atoms with Crippen molar-refractivity contribution < 1.29 is 9.18 Å². The normalized spacial score (nSPS) is 20.3. The van der Waals surface area contributed by atoms with E-state index in [1.165, 1.54) is 12.1 Å². The minimum absolute atomic E-state index is 0.257. The van der Waals surface area contributed by atoms with Crippen LogP contribution in [0, 0.1) is 5.82 Å². The number of Topliss-reactive ketones (excluding diaryl/α,β-unsaturated/α-hetero) is 1. The van der Waals surface area contributed by atoms with Crippen LogP contribution in [0.1, 0.15) is 31.2 Å². The first kappa shape index (κ1) is 10.3. The van der Waals surface area contributed by atoms with Crippen LogP contribution in [0.15, 0.2) is 24.3 Å². The van der Waals surface area contributed by atoms with Crippen molar-refractivity contribution in [1.29, 1.82) is 0 Å². The summed E-state index contributed by atoms with van der Waals surface area (Å²) < 4.78 is 13.0. The fourth-order valence-corrected chi connectivity index (χ4v) is 2.06. The summed E-state index contributed by atoms with van der Waals surface area (Å²) in [5.74, 6) is -0.0123. The summed E-state index contributed by atoms with van der Waals surface area (Å²) in [6.07, 6.45) is 2.25. The Morgan fingerprint density at radius 2 is 1.93 bits per heavy atom. The van der Waals surface area contributed by atoms with Gasteiger partial charge >= 0.3 is 0 Å². The molecule has 1 aromatic rings. The molecule has 2 N–H and O–H groups in total. The number of hydrogen-bond acceptors (Lipinski definition) is 2. The molecular formula is C12H14FNO. The predicted molar refractivity (Wildman–Crippen MR) is 55.7 cm³/mol. The molecule has 0 unspecified atom stereocenters. The van der Waals surface area contributed by atoms with E-state index in [0.29, 0.717) is 25.7 Å². The number of carbonyl (C=O) groups is 1. The second kappa shape index (κ2) is 3.74. The quantitative estimate of drug-likeness (QED) is 0.766. The standard InChI is InChI=1S/C12H14FNO/c13-10-3-1-2-9(8-10)12(14)6-4-11(15)5-7-12/h1-3,8H,4-7,14H2. The van der Waals surface area contributed by atoms with Crippen molar-refractivity contribution in [3.63, 3.8) is 0 Å². The van der Waals surface area contributed by atoms with Gasteiger partial charge in [-0.15, -0.1) is 0 Å². The highest BCUT2D eigenvalue weighted by Gasteiger charge is 2.32. The highest BCUT2D eigenvalue weighted by molar-refractivity contribution is 5.79. The molecule has 0 amide bonds. The van der Waals surface area contributed by atoms with E-state index in [2.05, 4.69) is 0 Å². The summed E-state index contributed by atoms with van der Waals surface area (Å²) >= 11 is 0.